The van der Waals surface area contributed by atoms with Gasteiger partial charge in [-0.15, -0.1) is 0 Å². The van der Waals surface area contributed by atoms with Gasteiger partial charge < -0.3 is 50.1 Å². The molecule has 0 aliphatic rings. The summed E-state index contributed by atoms with van der Waals surface area (Å²) in [6.07, 6.45) is 11.4. The van der Waals surface area contributed by atoms with Crippen molar-refractivity contribution in [1.29, 1.82) is 0 Å². The molecule has 5 N–H and O–H groups in total. The zero-order chi connectivity index (χ0) is 83.7. The van der Waals surface area contributed by atoms with Gasteiger partial charge in [0.05, 0.1) is 63.8 Å². The van der Waals surface area contributed by atoms with Crippen molar-refractivity contribution in [1.82, 2.24) is 21.3 Å². The first-order chi connectivity index (χ1) is 51.9. The summed E-state index contributed by atoms with van der Waals surface area (Å²) in [5.41, 5.74) is -1.33. The van der Waals surface area contributed by atoms with Crippen molar-refractivity contribution >= 4 is 172 Å². The molecule has 31 heteroatoms. The minimum atomic E-state index is -1.41. The SMILES string of the molecule is C.C.C.CC(C)(C)OC(=O)CC(Cc1cccc(C(=O)NCC(=O)CC[C@H](NC(=O)c2c(Cl)cccc2Cl)C(=O)O)c1)=NC(=O)OC(C)(C)C.CCCCCCCCBr.CCCCCCCCOC(=O)[C@H](CCC(=O)CNC(=O)c1cccc(CC(CC(=O)OC(C)(C)C)=NC(=O)OC(C)(C)C)c1)NC(=O)c1c(Cl)cccc1Cl.S.S. The Bertz CT molecular complexity index is 3810. The first-order valence-electron chi connectivity index (χ1n) is 37.2. The average molecular weight is 1810 g/mol. The molecular weight excluding hydrogens is 1680 g/mol. The molecule has 0 radical (unpaired) electrons. The first kappa shape index (κ1) is 115. The van der Waals surface area contributed by atoms with Gasteiger partial charge in [-0.2, -0.15) is 37.0 Å². The first-order valence-corrected chi connectivity index (χ1v) is 39.8. The summed E-state index contributed by atoms with van der Waals surface area (Å²) in [6.45, 7) is 24.3. The highest BCUT2D eigenvalue weighted by Gasteiger charge is 2.29. The standard InChI is InChI=1S/C41H55Cl2N3O9.C33H39Cl2N3O9.C8H17Br.3CH4.2H2S/c1-8-9-10-11-12-13-22-53-38(51)33(46-37(50)35-31(42)18-15-19-32(35)43)21-20-30(47)26-44-36(49)28-17-14-16-27(23-28)24-29(25-34(48)54-40(2,3)4)45-39(52)55-41(5,6)7;1-32(2,3)46-26(40)17-21(37-31(45)47-33(4,5)6)16-19-9-7-10-20(15-19)28(41)36-18-22(39)13-14-25(30(43)44)38-29(42)27-23(34)11-8-12-24(27)35;1-2-3-4-5-6-7-8-9;;;;;/h14-19,23,33H,8-13,20-22,24-26H2,1-7H3,(H,44,49)(H,46,50);7-12,15,25H,13-14,16-18H2,1-6H3,(H,36,41)(H,38,42)(H,43,44);2-8H2,1H3;3*1H4;2*1H2/t33-;25-;;;;;;/m00....../s1. The molecule has 0 aliphatic heterocycles. The van der Waals surface area contributed by atoms with Gasteiger partial charge in [0, 0.05) is 53.6 Å². The molecule has 24 nitrogen and oxygen atoms in total. The summed E-state index contributed by atoms with van der Waals surface area (Å²) in [4.78, 5) is 160. The summed E-state index contributed by atoms with van der Waals surface area (Å²) in [6, 6.07) is 19.1. The molecule has 4 aromatic carbocycles. The molecule has 0 aliphatic carbocycles. The van der Waals surface area contributed by atoms with E-state index in [9.17, 15) is 62.6 Å². The molecule has 0 aromatic heterocycles. The minimum absolute atomic E-state index is 0. The number of halogens is 5. The molecule has 0 saturated heterocycles. The molecule has 116 heavy (non-hydrogen) atoms. The van der Waals surface area contributed by atoms with Crippen LogP contribution < -0.4 is 21.3 Å². The highest BCUT2D eigenvalue weighted by Crippen LogP contribution is 2.27. The van der Waals surface area contributed by atoms with Gasteiger partial charge in [-0.1, -0.05) is 199 Å². The number of nitrogens with zero attached hydrogens (tertiary/aromatic N) is 2. The smallest absolute Gasteiger partial charge is 0.434 e. The van der Waals surface area contributed by atoms with Crippen molar-refractivity contribution in [2.75, 3.05) is 25.0 Å². The van der Waals surface area contributed by atoms with E-state index in [0.29, 0.717) is 17.5 Å². The molecule has 4 aromatic rings. The van der Waals surface area contributed by atoms with E-state index in [0.717, 1.165) is 32.1 Å². The third-order valence-corrected chi connectivity index (χ3v) is 17.0. The number of amides is 6. The number of carboxylic acid groups (broad SMARTS) is 1. The van der Waals surface area contributed by atoms with E-state index in [1.54, 1.807) is 126 Å². The van der Waals surface area contributed by atoms with Crippen LogP contribution in [0.5, 0.6) is 0 Å². The fraction of sp³-hybridized carbons (Fsp3) is 0.553. The van der Waals surface area contributed by atoms with Crippen LogP contribution in [0.2, 0.25) is 20.1 Å². The number of unbranched alkanes of at least 4 members (excludes halogenated alkanes) is 10. The Balaban J connectivity index is -0.000000946. The van der Waals surface area contributed by atoms with E-state index < -0.39 is 112 Å². The number of alkyl halides is 1. The molecule has 0 heterocycles. The molecule has 6 amide bonds. The summed E-state index contributed by atoms with van der Waals surface area (Å²) >= 11 is 27.9. The third kappa shape index (κ3) is 51.7. The number of carboxylic acids is 1. The fourth-order valence-corrected chi connectivity index (χ4v) is 11.6. The van der Waals surface area contributed by atoms with E-state index in [1.165, 1.54) is 86.3 Å². The van der Waals surface area contributed by atoms with Gasteiger partial charge in [0.15, 0.2) is 11.6 Å². The number of benzene rings is 4. The number of ketones is 2. The number of rotatable bonds is 39. The van der Waals surface area contributed by atoms with E-state index in [2.05, 4.69) is 61.0 Å². The molecular formula is C85H127BrCl4N6O18S2. The van der Waals surface area contributed by atoms with E-state index in [-0.39, 0.29) is 168 Å². The predicted molar refractivity (Wildman–Crippen MR) is 477 cm³/mol. The van der Waals surface area contributed by atoms with Gasteiger partial charge in [-0.3, -0.25) is 38.4 Å². The second kappa shape index (κ2) is 59.3. The summed E-state index contributed by atoms with van der Waals surface area (Å²) in [7, 11) is 0. The average Bonchev–Trinajstić information content (AvgIpc) is 0.846. The van der Waals surface area contributed by atoms with Crippen molar-refractivity contribution in [2.24, 2.45) is 9.98 Å². The van der Waals surface area contributed by atoms with E-state index in [1.807, 2.05) is 0 Å². The number of carbonyl (C=O) groups excluding carboxylic acids is 11. The Hall–Kier alpha value is -7.40. The number of carbonyl (C=O) groups is 12. The fourth-order valence-electron chi connectivity index (χ4n) is 10.1. The Morgan fingerprint density at radius 3 is 1.12 bits per heavy atom. The number of aliphatic imine (C=N–C) groups is 2. The van der Waals surface area contributed by atoms with Gasteiger partial charge in [0.25, 0.3) is 23.6 Å². The van der Waals surface area contributed by atoms with Crippen LogP contribution in [0.25, 0.3) is 0 Å². The maximum absolute atomic E-state index is 13.1. The summed E-state index contributed by atoms with van der Waals surface area (Å²) < 4.78 is 26.8. The number of Topliss-reactive ketones (excluding diaryl/α,β-unsaturated/α-hetero) is 2. The summed E-state index contributed by atoms with van der Waals surface area (Å²) in [5.74, 6) is -6.74. The number of hydrogen-bond donors (Lipinski definition) is 5. The van der Waals surface area contributed by atoms with Crippen molar-refractivity contribution < 1.29 is 86.3 Å². The molecule has 652 valence electrons. The van der Waals surface area contributed by atoms with Gasteiger partial charge in [-0.05, 0) is 168 Å². The molecule has 2 atom stereocenters. The molecule has 4 rings (SSSR count). The lowest BCUT2D eigenvalue weighted by molar-refractivity contribution is -0.154. The zero-order valence-corrected chi connectivity index (χ0v) is 74.0. The van der Waals surface area contributed by atoms with Crippen molar-refractivity contribution in [2.45, 2.75) is 282 Å². The number of aliphatic carboxylic acids is 1. The van der Waals surface area contributed by atoms with Gasteiger partial charge in [0.1, 0.15) is 34.5 Å². The second-order valence-electron chi connectivity index (χ2n) is 30.1. The molecule has 0 unspecified atom stereocenters. The Morgan fingerprint density at radius 1 is 0.448 bits per heavy atom. The number of nitrogens with one attached hydrogen (secondary N) is 4. The largest absolute Gasteiger partial charge is 0.480 e. The highest BCUT2D eigenvalue weighted by atomic mass is 79.9. The molecule has 0 fully saturated rings. The van der Waals surface area contributed by atoms with Crippen LogP contribution in [-0.4, -0.2) is 147 Å². The van der Waals surface area contributed by atoms with Crippen LogP contribution in [0, 0.1) is 0 Å². The van der Waals surface area contributed by atoms with Crippen molar-refractivity contribution in [3.63, 3.8) is 0 Å². The van der Waals surface area contributed by atoms with E-state index in [4.69, 9.17) is 70.1 Å². The van der Waals surface area contributed by atoms with E-state index >= 15 is 0 Å². The van der Waals surface area contributed by atoms with Crippen molar-refractivity contribution in [3.8, 4) is 0 Å². The van der Waals surface area contributed by atoms with Gasteiger partial charge in [-0.25, -0.2) is 19.2 Å². The monoisotopic (exact) mass is 1800 g/mol. The number of hydrogen-bond acceptors (Lipinski definition) is 17. The van der Waals surface area contributed by atoms with Gasteiger partial charge in [0.2, 0.25) is 0 Å². The maximum Gasteiger partial charge on any atom is 0.434 e. The Labute approximate surface area is 730 Å². The predicted octanol–water partition coefficient (Wildman–Crippen LogP) is 19.9. The van der Waals surface area contributed by atoms with Crippen molar-refractivity contribution in [3.05, 3.63) is 138 Å². The maximum atomic E-state index is 13.1. The molecule has 0 saturated carbocycles. The summed E-state index contributed by atoms with van der Waals surface area (Å²) in [5, 5.41) is 21.0. The molecule has 0 bridgehead atoms. The van der Waals surface area contributed by atoms with Crippen LogP contribution in [0.1, 0.15) is 287 Å². The van der Waals surface area contributed by atoms with Crippen LogP contribution >= 0.6 is 89.3 Å². The lowest BCUT2D eigenvalue weighted by Crippen LogP contribution is -2.43. The zero-order valence-electron chi connectivity index (χ0n) is 67.4. The Morgan fingerprint density at radius 2 is 0.776 bits per heavy atom. The van der Waals surface area contributed by atoms with Gasteiger partial charge >= 0.3 is 36.1 Å². The normalized spacial score (nSPS) is 11.7. The van der Waals surface area contributed by atoms with Crippen LogP contribution in [0.3, 0.4) is 0 Å². The van der Waals surface area contributed by atoms with Crippen LogP contribution in [-0.2, 0) is 65.3 Å². The Kier molecular flexibility index (Phi) is 58.7. The molecule has 0 spiro atoms. The second-order valence-corrected chi connectivity index (χ2v) is 32.5. The third-order valence-electron chi connectivity index (χ3n) is 15.1. The lowest BCUT2D eigenvalue weighted by atomic mass is 10.0. The topological polar surface area (TPSA) is 344 Å². The number of esters is 3. The number of ether oxygens (including phenoxy) is 5. The lowest BCUT2D eigenvalue weighted by Gasteiger charge is -2.20. The minimum Gasteiger partial charge on any atom is -0.480 e. The van der Waals surface area contributed by atoms with Crippen LogP contribution in [0.15, 0.2) is 94.9 Å². The quantitative estimate of drug-likeness (QED) is 0.00911. The highest BCUT2D eigenvalue weighted by molar-refractivity contribution is 9.09. The van der Waals surface area contributed by atoms with Crippen LogP contribution in [0.4, 0.5) is 9.59 Å².